The van der Waals surface area contributed by atoms with E-state index in [0.717, 1.165) is 24.8 Å². The van der Waals surface area contributed by atoms with E-state index in [1.165, 1.54) is 0 Å². The fourth-order valence-corrected chi connectivity index (χ4v) is 2.55. The Morgan fingerprint density at radius 1 is 1.71 bits per heavy atom. The molecule has 1 aliphatic rings. The average Bonchev–Trinajstić information content (AvgIpc) is 2.56. The number of ether oxygens (including phenoxy) is 1. The molecule has 1 fully saturated rings. The van der Waals surface area contributed by atoms with Gasteiger partial charge in [-0.25, -0.2) is 4.98 Å². The Hall–Kier alpha value is -0.520. The summed E-state index contributed by atoms with van der Waals surface area (Å²) >= 11 is 1.71. The minimum atomic E-state index is 0.227. The highest BCUT2D eigenvalue weighted by Gasteiger charge is 2.24. The minimum Gasteiger partial charge on any atom is -0.380 e. The standard InChI is InChI=1S/C9H15N3OS/c1-12-4-3-11-9(12)14-8-6-13-5-2-7(8)10/h3-4,7-8H,2,5-6,10H2,1H3. The van der Waals surface area contributed by atoms with Crippen LogP contribution in [0.3, 0.4) is 0 Å². The highest BCUT2D eigenvalue weighted by atomic mass is 32.2. The molecule has 1 aromatic rings. The minimum absolute atomic E-state index is 0.227. The van der Waals surface area contributed by atoms with Gasteiger partial charge < -0.3 is 15.0 Å². The van der Waals surface area contributed by atoms with E-state index in [1.54, 1.807) is 18.0 Å². The van der Waals surface area contributed by atoms with Gasteiger partial charge in [-0.1, -0.05) is 11.8 Å². The lowest BCUT2D eigenvalue weighted by Crippen LogP contribution is -2.41. The molecule has 2 rings (SSSR count). The molecule has 1 saturated heterocycles. The summed E-state index contributed by atoms with van der Waals surface area (Å²) in [7, 11) is 1.99. The maximum atomic E-state index is 6.01. The summed E-state index contributed by atoms with van der Waals surface area (Å²) in [5, 5.41) is 1.35. The molecule has 2 atom stereocenters. The average molecular weight is 213 g/mol. The zero-order valence-corrected chi connectivity index (χ0v) is 9.04. The summed E-state index contributed by atoms with van der Waals surface area (Å²) in [5.41, 5.74) is 6.01. The molecule has 0 aromatic carbocycles. The number of nitrogens with two attached hydrogens (primary N) is 1. The molecule has 1 aliphatic heterocycles. The Morgan fingerprint density at radius 2 is 2.57 bits per heavy atom. The van der Waals surface area contributed by atoms with E-state index >= 15 is 0 Å². The predicted molar refractivity (Wildman–Crippen MR) is 56.3 cm³/mol. The van der Waals surface area contributed by atoms with Crippen molar-refractivity contribution >= 4 is 11.8 Å². The number of aromatic nitrogens is 2. The molecule has 2 N–H and O–H groups in total. The van der Waals surface area contributed by atoms with Crippen molar-refractivity contribution < 1.29 is 4.74 Å². The number of thioether (sulfide) groups is 1. The van der Waals surface area contributed by atoms with E-state index < -0.39 is 0 Å². The maximum absolute atomic E-state index is 6.01. The van der Waals surface area contributed by atoms with Gasteiger partial charge in [0.1, 0.15) is 0 Å². The zero-order chi connectivity index (χ0) is 9.97. The summed E-state index contributed by atoms with van der Waals surface area (Å²) in [6, 6.07) is 0.227. The van der Waals surface area contributed by atoms with E-state index in [9.17, 15) is 0 Å². The van der Waals surface area contributed by atoms with Gasteiger partial charge in [-0.15, -0.1) is 0 Å². The van der Waals surface area contributed by atoms with Crippen LogP contribution in [0.1, 0.15) is 6.42 Å². The van der Waals surface area contributed by atoms with Crippen LogP contribution in [-0.4, -0.2) is 34.1 Å². The molecule has 2 unspecified atom stereocenters. The number of nitrogens with zero attached hydrogens (tertiary/aromatic N) is 2. The Bertz CT molecular complexity index is 302. The normalized spacial score (nSPS) is 27.9. The van der Waals surface area contributed by atoms with Crippen molar-refractivity contribution in [3.8, 4) is 0 Å². The Balaban J connectivity index is 1.99. The monoisotopic (exact) mass is 213 g/mol. The molecule has 5 heteroatoms. The highest BCUT2D eigenvalue weighted by molar-refractivity contribution is 7.99. The predicted octanol–water partition coefficient (Wildman–Crippen LogP) is 0.628. The molecule has 78 valence electrons. The van der Waals surface area contributed by atoms with Gasteiger partial charge in [0.15, 0.2) is 5.16 Å². The van der Waals surface area contributed by atoms with Crippen molar-refractivity contribution in [3.63, 3.8) is 0 Å². The second-order valence-electron chi connectivity index (χ2n) is 3.50. The van der Waals surface area contributed by atoms with Crippen LogP contribution in [0.15, 0.2) is 17.6 Å². The van der Waals surface area contributed by atoms with E-state index in [-0.39, 0.29) is 6.04 Å². The number of aryl methyl sites for hydroxylation is 1. The molecule has 2 heterocycles. The number of rotatable bonds is 2. The van der Waals surface area contributed by atoms with E-state index in [2.05, 4.69) is 4.98 Å². The molecular formula is C9H15N3OS. The van der Waals surface area contributed by atoms with E-state index in [4.69, 9.17) is 10.5 Å². The summed E-state index contributed by atoms with van der Waals surface area (Å²) in [4.78, 5) is 4.26. The first-order valence-corrected chi connectivity index (χ1v) is 5.62. The van der Waals surface area contributed by atoms with Gasteiger partial charge in [-0.3, -0.25) is 0 Å². The molecule has 0 aliphatic carbocycles. The van der Waals surface area contributed by atoms with Crippen LogP contribution < -0.4 is 5.73 Å². The molecular weight excluding hydrogens is 198 g/mol. The third-order valence-corrected chi connectivity index (χ3v) is 3.78. The fraction of sp³-hybridized carbons (Fsp3) is 0.667. The number of hydrogen-bond donors (Lipinski definition) is 1. The largest absolute Gasteiger partial charge is 0.380 e. The van der Waals surface area contributed by atoms with Gasteiger partial charge in [-0.2, -0.15) is 0 Å². The van der Waals surface area contributed by atoms with Crippen LogP contribution in [0.5, 0.6) is 0 Å². The SMILES string of the molecule is Cn1ccnc1SC1COCCC1N. The van der Waals surface area contributed by atoms with E-state index in [0.29, 0.717) is 5.25 Å². The van der Waals surface area contributed by atoms with Crippen LogP contribution >= 0.6 is 11.8 Å². The molecule has 1 aromatic heterocycles. The molecule has 0 bridgehead atoms. The lowest BCUT2D eigenvalue weighted by molar-refractivity contribution is 0.0915. The van der Waals surface area contributed by atoms with Crippen molar-refractivity contribution in [2.45, 2.75) is 22.9 Å². The van der Waals surface area contributed by atoms with Gasteiger partial charge in [0.2, 0.25) is 0 Å². The zero-order valence-electron chi connectivity index (χ0n) is 8.22. The van der Waals surface area contributed by atoms with Crippen LogP contribution in [0.4, 0.5) is 0 Å². The van der Waals surface area contributed by atoms with Crippen molar-refractivity contribution in [1.82, 2.24) is 9.55 Å². The second kappa shape index (κ2) is 4.33. The van der Waals surface area contributed by atoms with Gasteiger partial charge in [0, 0.05) is 32.1 Å². The first-order valence-electron chi connectivity index (χ1n) is 4.74. The summed E-state index contributed by atoms with van der Waals surface area (Å²) < 4.78 is 7.41. The van der Waals surface area contributed by atoms with Crippen LogP contribution in [0, 0.1) is 0 Å². The van der Waals surface area contributed by atoms with Crippen molar-refractivity contribution in [2.75, 3.05) is 13.2 Å². The van der Waals surface area contributed by atoms with Crippen LogP contribution in [0.2, 0.25) is 0 Å². The summed E-state index contributed by atoms with van der Waals surface area (Å²) in [6.07, 6.45) is 4.69. The van der Waals surface area contributed by atoms with Gasteiger partial charge in [-0.05, 0) is 6.42 Å². The quantitative estimate of drug-likeness (QED) is 0.783. The lowest BCUT2D eigenvalue weighted by Gasteiger charge is -2.27. The summed E-state index contributed by atoms with van der Waals surface area (Å²) in [6.45, 7) is 1.53. The molecule has 14 heavy (non-hydrogen) atoms. The topological polar surface area (TPSA) is 53.1 Å². The molecule has 0 radical (unpaired) electrons. The van der Waals surface area contributed by atoms with Crippen molar-refractivity contribution in [3.05, 3.63) is 12.4 Å². The Morgan fingerprint density at radius 3 is 3.21 bits per heavy atom. The van der Waals surface area contributed by atoms with Crippen molar-refractivity contribution in [2.24, 2.45) is 12.8 Å². The Kier molecular flexibility index (Phi) is 3.10. The third-order valence-electron chi connectivity index (χ3n) is 2.39. The van der Waals surface area contributed by atoms with Crippen molar-refractivity contribution in [1.29, 1.82) is 0 Å². The van der Waals surface area contributed by atoms with Gasteiger partial charge in [0.05, 0.1) is 11.9 Å². The maximum Gasteiger partial charge on any atom is 0.168 e. The smallest absolute Gasteiger partial charge is 0.168 e. The van der Waals surface area contributed by atoms with Crippen LogP contribution in [0.25, 0.3) is 0 Å². The molecule has 0 saturated carbocycles. The van der Waals surface area contributed by atoms with Gasteiger partial charge in [0.25, 0.3) is 0 Å². The summed E-state index contributed by atoms with van der Waals surface area (Å²) in [5.74, 6) is 0. The van der Waals surface area contributed by atoms with Crippen LogP contribution in [-0.2, 0) is 11.8 Å². The number of hydrogen-bond acceptors (Lipinski definition) is 4. The molecule has 4 nitrogen and oxygen atoms in total. The Labute approximate surface area is 87.8 Å². The lowest BCUT2D eigenvalue weighted by atomic mass is 10.1. The van der Waals surface area contributed by atoms with E-state index in [1.807, 2.05) is 17.8 Å². The number of imidazole rings is 1. The second-order valence-corrected chi connectivity index (χ2v) is 4.71. The fourth-order valence-electron chi connectivity index (χ4n) is 1.45. The first kappa shape index (κ1) is 10.0. The third kappa shape index (κ3) is 2.10. The molecule has 0 amide bonds. The molecule has 0 spiro atoms. The highest BCUT2D eigenvalue weighted by Crippen LogP contribution is 2.26. The van der Waals surface area contributed by atoms with Gasteiger partial charge >= 0.3 is 0 Å². The first-order chi connectivity index (χ1) is 6.77.